The van der Waals surface area contributed by atoms with Gasteiger partial charge in [0.2, 0.25) is 0 Å². The minimum absolute atomic E-state index is 0.161. The Labute approximate surface area is 156 Å². The number of nitrogens with one attached hydrogen (secondary N) is 2. The van der Waals surface area contributed by atoms with Gasteiger partial charge in [-0.1, -0.05) is 6.07 Å². The molecule has 0 radical (unpaired) electrons. The first-order valence-electron chi connectivity index (χ1n) is 8.68. The van der Waals surface area contributed by atoms with Crippen molar-refractivity contribution >= 4 is 28.3 Å². The lowest BCUT2D eigenvalue weighted by Crippen LogP contribution is -2.27. The van der Waals surface area contributed by atoms with E-state index in [4.69, 9.17) is 9.72 Å². The zero-order valence-electron chi connectivity index (χ0n) is 15.7. The smallest absolute Gasteiger partial charge is 0.338 e. The molecule has 4 rings (SSSR count). The quantitative estimate of drug-likeness (QED) is 0.540. The highest BCUT2D eigenvalue weighted by molar-refractivity contribution is 5.91. The first kappa shape index (κ1) is 17.1. The Balaban J connectivity index is 1.93. The Hall–Kier alpha value is -3.35. The number of fused-ring (bicyclic) bond motifs is 2. The molecule has 1 aromatic carbocycles. The van der Waals surface area contributed by atoms with Crippen LogP contribution in [0.3, 0.4) is 0 Å². The molecular weight excluding hydrogens is 342 g/mol. The number of carbonyl (C=O) groups is 1. The zero-order valence-corrected chi connectivity index (χ0v) is 15.7. The Morgan fingerprint density at radius 3 is 2.78 bits per heavy atom. The molecule has 7 heteroatoms. The molecule has 0 aliphatic rings. The van der Waals surface area contributed by atoms with E-state index in [1.165, 1.54) is 7.11 Å². The second-order valence-electron chi connectivity index (χ2n) is 7.49. The summed E-state index contributed by atoms with van der Waals surface area (Å²) in [5.41, 5.74) is 3.74. The summed E-state index contributed by atoms with van der Waals surface area (Å²) in [5.74, 6) is 0.490. The van der Waals surface area contributed by atoms with E-state index in [-0.39, 0.29) is 11.5 Å². The lowest BCUT2D eigenvalue weighted by Gasteiger charge is -2.22. The molecule has 4 aromatic rings. The molecule has 0 spiro atoms. The third kappa shape index (κ3) is 3.12. The summed E-state index contributed by atoms with van der Waals surface area (Å²) in [6, 6.07) is 9.52. The summed E-state index contributed by atoms with van der Waals surface area (Å²) < 4.78 is 6.78. The number of anilines is 1. The minimum atomic E-state index is -0.382. The van der Waals surface area contributed by atoms with Gasteiger partial charge in [-0.05, 0) is 45.0 Å². The largest absolute Gasteiger partial charge is 0.465 e. The van der Waals surface area contributed by atoms with Gasteiger partial charge in [0.25, 0.3) is 0 Å². The number of pyridine rings is 1. The standard InChI is InChI=1S/C20H21N5O2/c1-20(2,3)23-18-17(12-5-6-15-14(9-12)11-21-24-15)22-16-10-13(19(26)27-4)7-8-25(16)18/h5-11,23H,1-4H3,(H,21,24). The molecular formula is C20H21N5O2. The first-order valence-corrected chi connectivity index (χ1v) is 8.68. The molecule has 7 nitrogen and oxygen atoms in total. The van der Waals surface area contributed by atoms with Crippen molar-refractivity contribution in [3.63, 3.8) is 0 Å². The molecule has 0 aliphatic heterocycles. The average molecular weight is 363 g/mol. The van der Waals surface area contributed by atoms with Gasteiger partial charge in [-0.2, -0.15) is 5.10 Å². The third-order valence-electron chi connectivity index (χ3n) is 4.25. The zero-order chi connectivity index (χ0) is 19.2. The van der Waals surface area contributed by atoms with Crippen molar-refractivity contribution in [2.75, 3.05) is 12.4 Å². The van der Waals surface area contributed by atoms with E-state index in [0.29, 0.717) is 11.2 Å². The van der Waals surface area contributed by atoms with E-state index in [1.807, 2.05) is 22.7 Å². The Morgan fingerprint density at radius 1 is 1.22 bits per heavy atom. The van der Waals surface area contributed by atoms with Gasteiger partial charge in [-0.25, -0.2) is 9.78 Å². The van der Waals surface area contributed by atoms with E-state index in [1.54, 1.807) is 18.3 Å². The van der Waals surface area contributed by atoms with Gasteiger partial charge in [-0.15, -0.1) is 0 Å². The predicted octanol–water partition coefficient (Wildman–Crippen LogP) is 3.87. The number of aromatic nitrogens is 4. The Bertz CT molecular complexity index is 1150. The summed E-state index contributed by atoms with van der Waals surface area (Å²) in [4.78, 5) is 16.7. The van der Waals surface area contributed by atoms with Crippen molar-refractivity contribution in [2.24, 2.45) is 0 Å². The van der Waals surface area contributed by atoms with E-state index in [2.05, 4.69) is 42.4 Å². The lowest BCUT2D eigenvalue weighted by molar-refractivity contribution is 0.0600. The van der Waals surface area contributed by atoms with Crippen molar-refractivity contribution in [2.45, 2.75) is 26.3 Å². The predicted molar refractivity (Wildman–Crippen MR) is 105 cm³/mol. The maximum Gasteiger partial charge on any atom is 0.338 e. The van der Waals surface area contributed by atoms with Crippen molar-refractivity contribution in [3.05, 3.63) is 48.3 Å². The van der Waals surface area contributed by atoms with Crippen LogP contribution in [0.1, 0.15) is 31.1 Å². The van der Waals surface area contributed by atoms with Gasteiger partial charge in [0.05, 0.1) is 24.4 Å². The lowest BCUT2D eigenvalue weighted by atomic mass is 10.1. The summed E-state index contributed by atoms with van der Waals surface area (Å²) in [6.45, 7) is 6.29. The second kappa shape index (κ2) is 6.12. The highest BCUT2D eigenvalue weighted by Crippen LogP contribution is 2.32. The van der Waals surface area contributed by atoms with Gasteiger partial charge in [-0.3, -0.25) is 9.50 Å². The molecule has 27 heavy (non-hydrogen) atoms. The Kier molecular flexibility index (Phi) is 3.87. The third-order valence-corrected chi connectivity index (χ3v) is 4.25. The van der Waals surface area contributed by atoms with E-state index < -0.39 is 0 Å². The van der Waals surface area contributed by atoms with Crippen LogP contribution < -0.4 is 5.32 Å². The van der Waals surface area contributed by atoms with Crippen LogP contribution in [-0.2, 0) is 4.74 Å². The number of esters is 1. The van der Waals surface area contributed by atoms with Gasteiger partial charge >= 0.3 is 5.97 Å². The van der Waals surface area contributed by atoms with Crippen molar-refractivity contribution in [1.82, 2.24) is 19.6 Å². The molecule has 0 fully saturated rings. The van der Waals surface area contributed by atoms with Crippen molar-refractivity contribution < 1.29 is 9.53 Å². The molecule has 0 unspecified atom stereocenters. The minimum Gasteiger partial charge on any atom is -0.465 e. The molecule has 0 saturated heterocycles. The van der Waals surface area contributed by atoms with Crippen LogP contribution in [0.25, 0.3) is 27.8 Å². The van der Waals surface area contributed by atoms with Crippen molar-refractivity contribution in [3.8, 4) is 11.3 Å². The highest BCUT2D eigenvalue weighted by atomic mass is 16.5. The number of aromatic amines is 1. The number of hydrogen-bond acceptors (Lipinski definition) is 5. The van der Waals surface area contributed by atoms with Crippen LogP contribution >= 0.6 is 0 Å². The number of rotatable bonds is 3. The number of ether oxygens (including phenoxy) is 1. The number of methoxy groups -OCH3 is 1. The molecule has 138 valence electrons. The van der Waals surface area contributed by atoms with Crippen LogP contribution in [0.15, 0.2) is 42.7 Å². The average Bonchev–Trinajstić information content (AvgIpc) is 3.23. The number of benzene rings is 1. The number of nitrogens with zero attached hydrogens (tertiary/aromatic N) is 3. The fourth-order valence-electron chi connectivity index (χ4n) is 3.06. The van der Waals surface area contributed by atoms with Gasteiger partial charge in [0, 0.05) is 22.7 Å². The number of carbonyl (C=O) groups excluding carboxylic acids is 1. The SMILES string of the molecule is COC(=O)c1ccn2c(NC(C)(C)C)c(-c3ccc4[nH]ncc4c3)nc2c1. The monoisotopic (exact) mass is 363 g/mol. The Morgan fingerprint density at radius 2 is 2.04 bits per heavy atom. The summed E-state index contributed by atoms with van der Waals surface area (Å²) in [6.07, 6.45) is 3.63. The van der Waals surface area contributed by atoms with Crippen LogP contribution in [0.4, 0.5) is 5.82 Å². The first-order chi connectivity index (χ1) is 12.9. The molecule has 2 N–H and O–H groups in total. The second-order valence-corrected chi connectivity index (χ2v) is 7.49. The molecule has 0 bridgehead atoms. The van der Waals surface area contributed by atoms with Gasteiger partial charge in [0.1, 0.15) is 17.2 Å². The molecule has 0 atom stereocenters. The topological polar surface area (TPSA) is 84.3 Å². The number of H-pyrrole nitrogens is 1. The molecule has 3 aromatic heterocycles. The van der Waals surface area contributed by atoms with Crippen LogP contribution in [0.2, 0.25) is 0 Å². The van der Waals surface area contributed by atoms with E-state index in [9.17, 15) is 4.79 Å². The van der Waals surface area contributed by atoms with E-state index >= 15 is 0 Å². The molecule has 0 amide bonds. The summed E-state index contributed by atoms with van der Waals surface area (Å²) in [5, 5.41) is 11.6. The highest BCUT2D eigenvalue weighted by Gasteiger charge is 2.20. The van der Waals surface area contributed by atoms with E-state index in [0.717, 1.165) is 28.0 Å². The van der Waals surface area contributed by atoms with Crippen LogP contribution in [0.5, 0.6) is 0 Å². The number of hydrogen-bond donors (Lipinski definition) is 2. The normalized spacial score (nSPS) is 11.9. The van der Waals surface area contributed by atoms with Crippen molar-refractivity contribution in [1.29, 1.82) is 0 Å². The fourth-order valence-corrected chi connectivity index (χ4v) is 3.06. The molecule has 0 aliphatic carbocycles. The van der Waals surface area contributed by atoms with Crippen LogP contribution in [0, 0.1) is 0 Å². The molecule has 0 saturated carbocycles. The number of imidazole rings is 1. The van der Waals surface area contributed by atoms with Gasteiger partial charge < -0.3 is 10.1 Å². The maximum absolute atomic E-state index is 11.9. The fraction of sp³-hybridized carbons (Fsp3) is 0.250. The van der Waals surface area contributed by atoms with Crippen LogP contribution in [-0.4, -0.2) is 38.2 Å². The van der Waals surface area contributed by atoms with Gasteiger partial charge in [0.15, 0.2) is 0 Å². The molecule has 3 heterocycles. The summed E-state index contributed by atoms with van der Waals surface area (Å²) in [7, 11) is 1.37. The summed E-state index contributed by atoms with van der Waals surface area (Å²) >= 11 is 0. The maximum atomic E-state index is 11.9.